The molecule has 2 atom stereocenters. The Morgan fingerprint density at radius 2 is 2.14 bits per heavy atom. The molecule has 0 radical (unpaired) electrons. The Hall–Kier alpha value is -2.31. The fraction of sp³-hybridized carbons (Fsp3) is 0.500. The molecule has 1 aliphatic heterocycles. The number of aliphatic imine (C=N–C) groups is 1. The first-order valence-electron chi connectivity index (χ1n) is 10.00. The number of nitrogens with one attached hydrogen (secondary N) is 1. The highest BCUT2D eigenvalue weighted by Crippen LogP contribution is 2.22. The summed E-state index contributed by atoms with van der Waals surface area (Å²) < 4.78 is 11.3. The van der Waals surface area contributed by atoms with Gasteiger partial charge in [0.25, 0.3) is 0 Å². The van der Waals surface area contributed by atoms with Crippen molar-refractivity contribution >= 4 is 5.96 Å². The van der Waals surface area contributed by atoms with Crippen LogP contribution in [0, 0.1) is 5.92 Å². The van der Waals surface area contributed by atoms with E-state index in [1.165, 1.54) is 5.56 Å². The standard InChI is InChI=1S/C22H31N3O3/c1-3-23-21(24-17-22(2,26)20-10-7-13-28-20)25-12-11-19(14-25)16-27-15-18-8-5-4-6-9-18/h4-10,13,19,26H,3,11-12,14-17H2,1-2H3,(H,23,24). The molecule has 1 fully saturated rings. The van der Waals surface area contributed by atoms with Crippen LogP contribution in [0.15, 0.2) is 58.1 Å². The number of nitrogens with zero attached hydrogens (tertiary/aromatic N) is 2. The zero-order chi connectivity index (χ0) is 19.8. The minimum atomic E-state index is -1.12. The topological polar surface area (TPSA) is 70.2 Å². The van der Waals surface area contributed by atoms with Gasteiger partial charge in [-0.05, 0) is 38.0 Å². The van der Waals surface area contributed by atoms with Crippen LogP contribution in [0.4, 0.5) is 0 Å². The lowest BCUT2D eigenvalue weighted by molar-refractivity contribution is 0.0434. The summed E-state index contributed by atoms with van der Waals surface area (Å²) in [5.41, 5.74) is 0.0784. The van der Waals surface area contributed by atoms with E-state index >= 15 is 0 Å². The van der Waals surface area contributed by atoms with E-state index < -0.39 is 5.60 Å². The lowest BCUT2D eigenvalue weighted by Gasteiger charge is -2.24. The number of ether oxygens (including phenoxy) is 1. The van der Waals surface area contributed by atoms with Gasteiger partial charge in [-0.3, -0.25) is 0 Å². The van der Waals surface area contributed by atoms with Gasteiger partial charge in [0.2, 0.25) is 0 Å². The zero-order valence-electron chi connectivity index (χ0n) is 16.8. The third-order valence-corrected chi connectivity index (χ3v) is 4.97. The van der Waals surface area contributed by atoms with Gasteiger partial charge in [-0.15, -0.1) is 0 Å². The number of likely N-dealkylation sites (tertiary alicyclic amines) is 1. The van der Waals surface area contributed by atoms with E-state index in [-0.39, 0.29) is 6.54 Å². The van der Waals surface area contributed by atoms with Crippen molar-refractivity contribution in [3.05, 3.63) is 60.1 Å². The molecule has 28 heavy (non-hydrogen) atoms. The average molecular weight is 386 g/mol. The van der Waals surface area contributed by atoms with E-state index in [1.54, 1.807) is 25.3 Å². The molecule has 1 aromatic carbocycles. The van der Waals surface area contributed by atoms with Gasteiger partial charge < -0.3 is 24.5 Å². The van der Waals surface area contributed by atoms with Crippen molar-refractivity contribution in [3.63, 3.8) is 0 Å². The second kappa shape index (κ2) is 9.75. The highest BCUT2D eigenvalue weighted by Gasteiger charge is 2.28. The quantitative estimate of drug-likeness (QED) is 0.540. The Bertz CT molecular complexity index is 729. The lowest BCUT2D eigenvalue weighted by Crippen LogP contribution is -2.41. The maximum absolute atomic E-state index is 10.6. The molecular weight excluding hydrogens is 354 g/mol. The minimum absolute atomic E-state index is 0.245. The summed E-state index contributed by atoms with van der Waals surface area (Å²) in [5.74, 6) is 1.85. The number of aliphatic hydroxyl groups is 1. The molecule has 1 aliphatic rings. The fourth-order valence-electron chi connectivity index (χ4n) is 3.40. The van der Waals surface area contributed by atoms with Gasteiger partial charge in [0, 0.05) is 25.6 Å². The number of benzene rings is 1. The Morgan fingerprint density at radius 3 is 2.86 bits per heavy atom. The maximum Gasteiger partial charge on any atom is 0.194 e. The van der Waals surface area contributed by atoms with Gasteiger partial charge >= 0.3 is 0 Å². The molecule has 6 nitrogen and oxygen atoms in total. The summed E-state index contributed by atoms with van der Waals surface area (Å²) in [4.78, 5) is 6.91. The summed E-state index contributed by atoms with van der Waals surface area (Å²) in [6.07, 6.45) is 2.65. The van der Waals surface area contributed by atoms with Gasteiger partial charge in [-0.25, -0.2) is 4.99 Å². The highest BCUT2D eigenvalue weighted by atomic mass is 16.5. The van der Waals surface area contributed by atoms with E-state index in [1.807, 2.05) is 18.2 Å². The number of hydrogen-bond acceptors (Lipinski definition) is 4. The molecule has 0 amide bonds. The second-order valence-corrected chi connectivity index (χ2v) is 7.52. The normalized spacial score (nSPS) is 19.6. The molecule has 2 aromatic rings. The number of guanidine groups is 1. The van der Waals surface area contributed by atoms with Crippen molar-refractivity contribution in [1.29, 1.82) is 0 Å². The zero-order valence-corrected chi connectivity index (χ0v) is 16.8. The van der Waals surface area contributed by atoms with Gasteiger partial charge in [0.15, 0.2) is 5.96 Å². The average Bonchev–Trinajstić information content (AvgIpc) is 3.39. The lowest BCUT2D eigenvalue weighted by atomic mass is 10.0. The molecule has 2 unspecified atom stereocenters. The predicted octanol–water partition coefficient (Wildman–Crippen LogP) is 2.99. The fourth-order valence-corrected chi connectivity index (χ4v) is 3.40. The van der Waals surface area contributed by atoms with Crippen molar-refractivity contribution in [2.45, 2.75) is 32.5 Å². The first kappa shape index (κ1) is 20.4. The Balaban J connectivity index is 1.51. The molecule has 152 valence electrons. The molecule has 0 saturated carbocycles. The summed E-state index contributed by atoms with van der Waals surface area (Å²) in [7, 11) is 0. The Labute approximate surface area is 167 Å². The third-order valence-electron chi connectivity index (χ3n) is 4.97. The van der Waals surface area contributed by atoms with Gasteiger partial charge in [-0.2, -0.15) is 0 Å². The molecule has 3 rings (SSSR count). The first-order valence-corrected chi connectivity index (χ1v) is 10.00. The van der Waals surface area contributed by atoms with Crippen LogP contribution in [0.3, 0.4) is 0 Å². The summed E-state index contributed by atoms with van der Waals surface area (Å²) in [6.45, 7) is 8.05. The molecule has 0 aliphatic carbocycles. The minimum Gasteiger partial charge on any atom is -0.466 e. The summed E-state index contributed by atoms with van der Waals surface area (Å²) in [6, 6.07) is 13.8. The van der Waals surface area contributed by atoms with Crippen molar-refractivity contribution in [1.82, 2.24) is 10.2 Å². The van der Waals surface area contributed by atoms with Crippen molar-refractivity contribution < 1.29 is 14.3 Å². The van der Waals surface area contributed by atoms with Crippen LogP contribution in [0.25, 0.3) is 0 Å². The summed E-state index contributed by atoms with van der Waals surface area (Å²) >= 11 is 0. The maximum atomic E-state index is 10.6. The van der Waals surface area contributed by atoms with Crippen LogP contribution in [-0.2, 0) is 16.9 Å². The molecular formula is C22H31N3O3. The monoisotopic (exact) mass is 385 g/mol. The van der Waals surface area contributed by atoms with Crippen LogP contribution in [0.2, 0.25) is 0 Å². The molecule has 0 bridgehead atoms. The van der Waals surface area contributed by atoms with Crippen LogP contribution < -0.4 is 5.32 Å². The molecule has 6 heteroatoms. The van der Waals surface area contributed by atoms with Crippen LogP contribution >= 0.6 is 0 Å². The number of hydrogen-bond donors (Lipinski definition) is 2. The van der Waals surface area contributed by atoms with E-state index in [0.717, 1.165) is 38.6 Å². The molecule has 0 spiro atoms. The SMILES string of the molecule is CCNC(=NCC(C)(O)c1ccco1)N1CCC(COCc2ccccc2)C1. The molecule has 2 heterocycles. The largest absolute Gasteiger partial charge is 0.466 e. The summed E-state index contributed by atoms with van der Waals surface area (Å²) in [5, 5.41) is 14.0. The van der Waals surface area contributed by atoms with Crippen molar-refractivity contribution in [2.24, 2.45) is 10.9 Å². The van der Waals surface area contributed by atoms with E-state index in [0.29, 0.717) is 18.3 Å². The van der Waals surface area contributed by atoms with Crippen LogP contribution in [-0.4, -0.2) is 48.8 Å². The van der Waals surface area contributed by atoms with Crippen LogP contribution in [0.5, 0.6) is 0 Å². The van der Waals surface area contributed by atoms with E-state index in [4.69, 9.17) is 9.15 Å². The number of furan rings is 1. The van der Waals surface area contributed by atoms with Crippen molar-refractivity contribution in [3.8, 4) is 0 Å². The molecule has 1 saturated heterocycles. The predicted molar refractivity (Wildman–Crippen MR) is 110 cm³/mol. The van der Waals surface area contributed by atoms with E-state index in [2.05, 4.69) is 34.3 Å². The van der Waals surface area contributed by atoms with Gasteiger partial charge in [-0.1, -0.05) is 30.3 Å². The van der Waals surface area contributed by atoms with E-state index in [9.17, 15) is 5.11 Å². The molecule has 2 N–H and O–H groups in total. The Morgan fingerprint density at radius 1 is 1.32 bits per heavy atom. The second-order valence-electron chi connectivity index (χ2n) is 7.52. The Kier molecular flexibility index (Phi) is 7.12. The smallest absolute Gasteiger partial charge is 0.194 e. The van der Waals surface area contributed by atoms with Gasteiger partial charge in [0.1, 0.15) is 11.4 Å². The molecule has 1 aromatic heterocycles. The number of rotatable bonds is 8. The van der Waals surface area contributed by atoms with Crippen molar-refractivity contribution in [2.75, 3.05) is 32.8 Å². The van der Waals surface area contributed by atoms with Gasteiger partial charge in [0.05, 0.1) is 26.0 Å². The first-order chi connectivity index (χ1) is 13.6. The van der Waals surface area contributed by atoms with Crippen LogP contribution in [0.1, 0.15) is 31.6 Å². The highest BCUT2D eigenvalue weighted by molar-refractivity contribution is 5.80. The third kappa shape index (κ3) is 5.59.